The molecule has 7 nitrogen and oxygen atoms in total. The molecule has 1 aromatic rings. The van der Waals surface area contributed by atoms with Crippen molar-refractivity contribution in [1.82, 2.24) is 4.72 Å². The summed E-state index contributed by atoms with van der Waals surface area (Å²) in [4.78, 5) is 10.9. The van der Waals surface area contributed by atoms with Crippen molar-refractivity contribution in [1.29, 1.82) is 0 Å². The van der Waals surface area contributed by atoms with Gasteiger partial charge in [-0.2, -0.15) is 8.42 Å². The molecule has 1 rings (SSSR count). The summed E-state index contributed by atoms with van der Waals surface area (Å²) in [5.41, 5.74) is 0.451. The van der Waals surface area contributed by atoms with Crippen LogP contribution in [0.4, 0.5) is 10.5 Å². The molecule has 0 heterocycles. The lowest BCUT2D eigenvalue weighted by Gasteiger charge is -2.10. The van der Waals surface area contributed by atoms with Gasteiger partial charge in [0.2, 0.25) is 0 Å². The summed E-state index contributed by atoms with van der Waals surface area (Å²) < 4.78 is 31.4. The summed E-state index contributed by atoms with van der Waals surface area (Å²) in [6.07, 6.45) is -0.886. The van der Waals surface area contributed by atoms with Crippen LogP contribution in [0, 0.1) is 11.8 Å². The van der Waals surface area contributed by atoms with Gasteiger partial charge in [-0.15, -0.1) is 0 Å². The van der Waals surface area contributed by atoms with E-state index >= 15 is 0 Å². The summed E-state index contributed by atoms with van der Waals surface area (Å²) in [5, 5.41) is 9.05. The number of halogens is 1. The maximum atomic E-state index is 11.7. The predicted octanol–water partition coefficient (Wildman–Crippen LogP) is 1.09. The molecule has 0 spiro atoms. The van der Waals surface area contributed by atoms with Gasteiger partial charge in [0.25, 0.3) is 0 Å². The lowest BCUT2D eigenvalue weighted by Crippen LogP contribution is -2.35. The molecule has 0 radical (unpaired) electrons. The molecule has 0 aromatic heterocycles. The minimum Gasteiger partial charge on any atom is -0.452 e. The topological polar surface area (TPSA) is 105 Å². The van der Waals surface area contributed by atoms with Crippen LogP contribution >= 0.6 is 11.6 Å². The lowest BCUT2D eigenvalue weighted by atomic mass is 10.2. The van der Waals surface area contributed by atoms with Gasteiger partial charge in [-0.05, 0) is 18.2 Å². The van der Waals surface area contributed by atoms with Crippen molar-refractivity contribution in [3.63, 3.8) is 0 Å². The van der Waals surface area contributed by atoms with Gasteiger partial charge in [-0.25, -0.2) is 9.52 Å². The van der Waals surface area contributed by atoms with Crippen LogP contribution in [0.3, 0.4) is 0 Å². The maximum Gasteiger partial charge on any atom is 0.422 e. The standard InChI is InChI=1S/C12H13ClN2O5S/c1-20-12(17)15-21(18,19)14-11-6-5-10(13)8-9(11)4-2-3-7-16/h5-6,8,14,16H,3,7H2,1H3,(H,15,17). The second-order valence-corrected chi connectivity index (χ2v) is 5.52. The monoisotopic (exact) mass is 332 g/mol. The predicted molar refractivity (Wildman–Crippen MR) is 78.1 cm³/mol. The fraction of sp³-hybridized carbons (Fsp3) is 0.250. The second kappa shape index (κ2) is 7.73. The number of aliphatic hydroxyl groups excluding tert-OH is 1. The van der Waals surface area contributed by atoms with Crippen LogP contribution in [-0.4, -0.2) is 33.3 Å². The molecular formula is C12H13ClN2O5S. The average molecular weight is 333 g/mol. The summed E-state index contributed by atoms with van der Waals surface area (Å²) in [7, 11) is -3.11. The molecule has 0 saturated heterocycles. The van der Waals surface area contributed by atoms with Crippen LogP contribution in [0.25, 0.3) is 0 Å². The first kappa shape index (κ1) is 17.1. The molecule has 0 unspecified atom stereocenters. The first-order valence-corrected chi connectivity index (χ1v) is 7.52. The van der Waals surface area contributed by atoms with E-state index in [9.17, 15) is 13.2 Å². The van der Waals surface area contributed by atoms with Crippen molar-refractivity contribution in [2.75, 3.05) is 18.4 Å². The number of amides is 1. The van der Waals surface area contributed by atoms with Crippen LogP contribution in [0.15, 0.2) is 18.2 Å². The van der Waals surface area contributed by atoms with Gasteiger partial charge in [0.1, 0.15) is 0 Å². The molecule has 21 heavy (non-hydrogen) atoms. The van der Waals surface area contributed by atoms with E-state index in [-0.39, 0.29) is 18.7 Å². The van der Waals surface area contributed by atoms with Crippen molar-refractivity contribution in [3.8, 4) is 11.8 Å². The van der Waals surface area contributed by atoms with Gasteiger partial charge >= 0.3 is 16.3 Å². The van der Waals surface area contributed by atoms with Crippen molar-refractivity contribution >= 4 is 33.6 Å². The van der Waals surface area contributed by atoms with Crippen molar-refractivity contribution in [2.24, 2.45) is 0 Å². The third kappa shape index (κ3) is 5.91. The first-order valence-electron chi connectivity index (χ1n) is 5.65. The van der Waals surface area contributed by atoms with Gasteiger partial charge < -0.3 is 9.84 Å². The number of benzene rings is 1. The maximum absolute atomic E-state index is 11.7. The Hall–Kier alpha value is -1.95. The molecule has 3 N–H and O–H groups in total. The van der Waals surface area contributed by atoms with Crippen molar-refractivity contribution in [3.05, 3.63) is 28.8 Å². The molecule has 0 atom stereocenters. The molecule has 0 bridgehead atoms. The highest BCUT2D eigenvalue weighted by atomic mass is 35.5. The fourth-order valence-corrected chi connectivity index (χ4v) is 2.24. The van der Waals surface area contributed by atoms with Gasteiger partial charge in [0.05, 0.1) is 25.0 Å². The number of aliphatic hydroxyl groups is 1. The Balaban J connectivity index is 3.03. The Morgan fingerprint density at radius 2 is 2.19 bits per heavy atom. The van der Waals surface area contributed by atoms with Gasteiger partial charge in [-0.3, -0.25) is 4.72 Å². The molecule has 0 aliphatic heterocycles. The molecule has 0 fully saturated rings. The fourth-order valence-electron chi connectivity index (χ4n) is 1.24. The quantitative estimate of drug-likeness (QED) is 0.716. The molecular weight excluding hydrogens is 320 g/mol. The normalized spacial score (nSPS) is 10.2. The van der Waals surface area contributed by atoms with Crippen molar-refractivity contribution in [2.45, 2.75) is 6.42 Å². The van der Waals surface area contributed by atoms with Crippen LogP contribution in [0.1, 0.15) is 12.0 Å². The number of hydrogen-bond donors (Lipinski definition) is 3. The SMILES string of the molecule is COC(=O)NS(=O)(=O)Nc1ccc(Cl)cc1C#CCCO. The van der Waals surface area contributed by atoms with Crippen molar-refractivity contribution < 1.29 is 23.1 Å². The summed E-state index contributed by atoms with van der Waals surface area (Å²) in [6.45, 7) is -0.113. The van der Waals surface area contributed by atoms with Gasteiger partial charge in [-0.1, -0.05) is 23.4 Å². The Morgan fingerprint density at radius 1 is 1.48 bits per heavy atom. The second-order valence-electron chi connectivity index (χ2n) is 3.66. The van der Waals surface area contributed by atoms with Crippen LogP contribution < -0.4 is 9.44 Å². The van der Waals surface area contributed by atoms with Crippen LogP contribution in [0.2, 0.25) is 5.02 Å². The summed E-state index contributed by atoms with van der Waals surface area (Å²) in [6, 6.07) is 4.33. The summed E-state index contributed by atoms with van der Waals surface area (Å²) in [5.74, 6) is 5.33. The first-order chi connectivity index (χ1) is 9.88. The number of ether oxygens (including phenoxy) is 1. The van der Waals surface area contributed by atoms with E-state index in [1.54, 1.807) is 4.72 Å². The number of carbonyl (C=O) groups is 1. The zero-order valence-electron chi connectivity index (χ0n) is 11.0. The highest BCUT2D eigenvalue weighted by Crippen LogP contribution is 2.20. The van der Waals surface area contributed by atoms with E-state index in [4.69, 9.17) is 16.7 Å². The average Bonchev–Trinajstić information content (AvgIpc) is 2.41. The van der Waals surface area contributed by atoms with Gasteiger partial charge in [0, 0.05) is 11.4 Å². The molecule has 9 heteroatoms. The Labute approximate surface area is 127 Å². The number of hydrogen-bond acceptors (Lipinski definition) is 5. The molecule has 1 amide bonds. The largest absolute Gasteiger partial charge is 0.452 e. The minimum atomic E-state index is -4.15. The smallest absolute Gasteiger partial charge is 0.422 e. The van der Waals surface area contributed by atoms with Crippen LogP contribution in [-0.2, 0) is 14.9 Å². The Bertz CT molecular complexity index is 679. The van der Waals surface area contributed by atoms with E-state index in [1.807, 2.05) is 0 Å². The number of nitrogens with one attached hydrogen (secondary N) is 2. The van der Waals surface area contributed by atoms with E-state index in [0.717, 1.165) is 7.11 Å². The summed E-state index contributed by atoms with van der Waals surface area (Å²) >= 11 is 5.82. The number of methoxy groups -OCH3 is 1. The van der Waals surface area contributed by atoms with E-state index < -0.39 is 16.3 Å². The molecule has 0 aliphatic rings. The lowest BCUT2D eigenvalue weighted by molar-refractivity contribution is 0.177. The number of carbonyl (C=O) groups excluding carboxylic acids is 1. The Kier molecular flexibility index (Phi) is 6.30. The van der Waals surface area contributed by atoms with E-state index in [1.165, 1.54) is 18.2 Å². The zero-order valence-corrected chi connectivity index (χ0v) is 12.6. The highest BCUT2D eigenvalue weighted by Gasteiger charge is 2.16. The van der Waals surface area contributed by atoms with Crippen LogP contribution in [0.5, 0.6) is 0 Å². The van der Waals surface area contributed by atoms with Gasteiger partial charge in [0.15, 0.2) is 0 Å². The zero-order chi connectivity index (χ0) is 15.9. The molecule has 0 saturated carbocycles. The Morgan fingerprint density at radius 3 is 2.81 bits per heavy atom. The molecule has 114 valence electrons. The highest BCUT2D eigenvalue weighted by molar-refractivity contribution is 7.91. The molecule has 0 aliphatic carbocycles. The number of anilines is 1. The van der Waals surface area contributed by atoms with E-state index in [0.29, 0.717) is 10.6 Å². The van der Waals surface area contributed by atoms with E-state index in [2.05, 4.69) is 21.3 Å². The third-order valence-corrected chi connectivity index (χ3v) is 3.25. The number of rotatable bonds is 4. The minimum absolute atomic E-state index is 0.113. The third-order valence-electron chi connectivity index (χ3n) is 2.09. The molecule has 1 aromatic carbocycles.